The number of rotatable bonds is 7. The zero-order chi connectivity index (χ0) is 18.2. The second-order valence-corrected chi connectivity index (χ2v) is 5.34. The third kappa shape index (κ3) is 4.79. The molecule has 2 aromatic rings. The molecule has 0 amide bonds. The van der Waals surface area contributed by atoms with Crippen molar-refractivity contribution in [3.8, 4) is 17.2 Å². The summed E-state index contributed by atoms with van der Waals surface area (Å²) in [6.45, 7) is 3.78. The van der Waals surface area contributed by atoms with Crippen molar-refractivity contribution in [1.29, 1.82) is 0 Å². The zero-order valence-corrected chi connectivity index (χ0v) is 15.0. The van der Waals surface area contributed by atoms with Crippen molar-refractivity contribution in [1.82, 2.24) is 20.4 Å². The molecule has 0 fully saturated rings. The minimum Gasteiger partial charge on any atom is -0.502 e. The van der Waals surface area contributed by atoms with Crippen molar-refractivity contribution < 1.29 is 14.6 Å². The second-order valence-electron chi connectivity index (χ2n) is 5.34. The van der Waals surface area contributed by atoms with Gasteiger partial charge < -0.3 is 25.2 Å². The Balaban J connectivity index is 2.11. The number of hydrogen-bond donors (Lipinski definition) is 3. The monoisotopic (exact) mass is 347 g/mol. The van der Waals surface area contributed by atoms with Gasteiger partial charge in [-0.1, -0.05) is 0 Å². The molecular weight excluding hydrogens is 322 g/mol. The number of aryl methyl sites for hydroxylation is 1. The largest absolute Gasteiger partial charge is 0.502 e. The van der Waals surface area contributed by atoms with Gasteiger partial charge in [-0.15, -0.1) is 0 Å². The number of nitrogens with one attached hydrogen (secondary N) is 2. The van der Waals surface area contributed by atoms with Crippen molar-refractivity contribution in [2.24, 2.45) is 12.0 Å². The molecule has 0 aliphatic heterocycles. The van der Waals surface area contributed by atoms with Gasteiger partial charge in [0.25, 0.3) is 0 Å². The maximum Gasteiger partial charge on any atom is 0.200 e. The first-order chi connectivity index (χ1) is 12.1. The molecule has 136 valence electrons. The number of phenols is 1. The van der Waals surface area contributed by atoms with Crippen LogP contribution >= 0.6 is 0 Å². The number of ether oxygens (including phenoxy) is 2. The lowest BCUT2D eigenvalue weighted by Gasteiger charge is -2.13. The third-order valence-electron chi connectivity index (χ3n) is 3.66. The molecule has 0 saturated carbocycles. The third-order valence-corrected chi connectivity index (χ3v) is 3.66. The lowest BCUT2D eigenvalue weighted by atomic mass is 10.2. The van der Waals surface area contributed by atoms with Gasteiger partial charge in [0.05, 0.1) is 33.0 Å². The normalized spacial score (nSPS) is 11.3. The lowest BCUT2D eigenvalue weighted by Crippen LogP contribution is -2.37. The smallest absolute Gasteiger partial charge is 0.200 e. The van der Waals surface area contributed by atoms with Crippen LogP contribution in [0.5, 0.6) is 17.2 Å². The number of aromatic nitrogens is 2. The minimum atomic E-state index is -0.0148. The van der Waals surface area contributed by atoms with Crippen molar-refractivity contribution in [2.45, 2.75) is 20.0 Å². The molecule has 8 heteroatoms. The van der Waals surface area contributed by atoms with Gasteiger partial charge in [0, 0.05) is 19.8 Å². The summed E-state index contributed by atoms with van der Waals surface area (Å²) in [7, 11) is 4.90. The molecular formula is C17H25N5O3. The summed E-state index contributed by atoms with van der Waals surface area (Å²) in [6.07, 6.45) is 1.76. The van der Waals surface area contributed by atoms with E-state index in [1.807, 2.05) is 24.7 Å². The summed E-state index contributed by atoms with van der Waals surface area (Å²) in [5.74, 6) is 1.39. The highest BCUT2D eigenvalue weighted by atomic mass is 16.5. The van der Waals surface area contributed by atoms with Gasteiger partial charge in [-0.2, -0.15) is 5.10 Å². The van der Waals surface area contributed by atoms with Gasteiger partial charge in [0.2, 0.25) is 5.75 Å². The maximum absolute atomic E-state index is 9.97. The number of guanidine groups is 1. The Labute approximate surface area is 147 Å². The van der Waals surface area contributed by atoms with Crippen LogP contribution in [0.3, 0.4) is 0 Å². The predicted octanol–water partition coefficient (Wildman–Crippen LogP) is 1.40. The number of nitrogens with zero attached hydrogens (tertiary/aromatic N) is 3. The summed E-state index contributed by atoms with van der Waals surface area (Å²) < 4.78 is 12.2. The van der Waals surface area contributed by atoms with Crippen molar-refractivity contribution in [3.63, 3.8) is 0 Å². The van der Waals surface area contributed by atoms with Gasteiger partial charge in [-0.05, 0) is 30.7 Å². The number of aliphatic imine (C=N–C) groups is 1. The summed E-state index contributed by atoms with van der Waals surface area (Å²) >= 11 is 0. The summed E-state index contributed by atoms with van der Waals surface area (Å²) in [5, 5.41) is 20.6. The Hall–Kier alpha value is -2.90. The Morgan fingerprint density at radius 2 is 1.92 bits per heavy atom. The molecule has 0 spiro atoms. The molecule has 1 heterocycles. The molecule has 0 radical (unpaired) electrons. The molecule has 0 unspecified atom stereocenters. The first-order valence-electron chi connectivity index (χ1n) is 8.02. The van der Waals surface area contributed by atoms with E-state index in [4.69, 9.17) is 9.47 Å². The number of hydrogen-bond acceptors (Lipinski definition) is 5. The molecule has 1 aromatic carbocycles. The van der Waals surface area contributed by atoms with Crippen molar-refractivity contribution in [3.05, 3.63) is 35.7 Å². The fraction of sp³-hybridized carbons (Fsp3) is 0.412. The minimum absolute atomic E-state index is 0.0148. The lowest BCUT2D eigenvalue weighted by molar-refractivity contribution is 0.339. The second kappa shape index (κ2) is 8.81. The topological polar surface area (TPSA) is 92.9 Å². The summed E-state index contributed by atoms with van der Waals surface area (Å²) in [6, 6.07) is 5.43. The van der Waals surface area contributed by atoms with Crippen LogP contribution in [0.1, 0.15) is 18.2 Å². The van der Waals surface area contributed by atoms with Gasteiger partial charge in [-0.3, -0.25) is 4.68 Å². The summed E-state index contributed by atoms with van der Waals surface area (Å²) in [4.78, 5) is 4.57. The quantitative estimate of drug-likeness (QED) is 0.518. The van der Waals surface area contributed by atoms with Crippen LogP contribution < -0.4 is 20.1 Å². The zero-order valence-electron chi connectivity index (χ0n) is 15.0. The molecule has 2 rings (SSSR count). The van der Waals surface area contributed by atoms with Gasteiger partial charge in [-0.25, -0.2) is 4.99 Å². The molecule has 8 nitrogen and oxygen atoms in total. The number of aromatic hydroxyl groups is 1. The van der Waals surface area contributed by atoms with E-state index < -0.39 is 0 Å². The number of benzene rings is 1. The van der Waals surface area contributed by atoms with Crippen molar-refractivity contribution in [2.75, 3.05) is 20.8 Å². The van der Waals surface area contributed by atoms with Crippen LogP contribution in [-0.4, -0.2) is 41.6 Å². The van der Waals surface area contributed by atoms with Crippen LogP contribution in [0, 0.1) is 0 Å². The number of phenolic OH excluding ortho intramolecular Hbond substituents is 1. The molecule has 0 saturated heterocycles. The summed E-state index contributed by atoms with van der Waals surface area (Å²) in [5.41, 5.74) is 1.92. The SMILES string of the molecule is CCNC(=NCc1cc(OC)c(O)c(OC)c1)NCc1ccnn1C. The fourth-order valence-electron chi connectivity index (χ4n) is 2.30. The molecule has 0 atom stereocenters. The fourth-order valence-corrected chi connectivity index (χ4v) is 2.30. The van der Waals surface area contributed by atoms with Crippen LogP contribution in [0.2, 0.25) is 0 Å². The van der Waals surface area contributed by atoms with E-state index in [9.17, 15) is 5.11 Å². The van der Waals surface area contributed by atoms with E-state index in [0.29, 0.717) is 30.5 Å². The Morgan fingerprint density at radius 3 is 2.44 bits per heavy atom. The molecule has 25 heavy (non-hydrogen) atoms. The van der Waals surface area contributed by atoms with Gasteiger partial charge in [0.15, 0.2) is 17.5 Å². The molecule has 0 aliphatic carbocycles. The average Bonchev–Trinajstić information content (AvgIpc) is 3.03. The van der Waals surface area contributed by atoms with Crippen LogP contribution in [-0.2, 0) is 20.1 Å². The maximum atomic E-state index is 9.97. The van der Waals surface area contributed by atoms with Gasteiger partial charge >= 0.3 is 0 Å². The molecule has 3 N–H and O–H groups in total. The van der Waals surface area contributed by atoms with Crippen LogP contribution in [0.25, 0.3) is 0 Å². The van der Waals surface area contributed by atoms with E-state index in [2.05, 4.69) is 20.7 Å². The first-order valence-corrected chi connectivity index (χ1v) is 8.02. The van der Waals surface area contributed by atoms with Crippen LogP contribution in [0.15, 0.2) is 29.4 Å². The highest BCUT2D eigenvalue weighted by Gasteiger charge is 2.11. The van der Waals surface area contributed by atoms with Crippen LogP contribution in [0.4, 0.5) is 0 Å². The van der Waals surface area contributed by atoms with E-state index >= 15 is 0 Å². The Kier molecular flexibility index (Phi) is 6.50. The van der Waals surface area contributed by atoms with Gasteiger partial charge in [0.1, 0.15) is 0 Å². The molecule has 1 aromatic heterocycles. The van der Waals surface area contributed by atoms with E-state index in [1.54, 1.807) is 18.3 Å². The first kappa shape index (κ1) is 18.4. The Morgan fingerprint density at radius 1 is 1.24 bits per heavy atom. The molecule has 0 bridgehead atoms. The van der Waals surface area contributed by atoms with E-state index in [0.717, 1.165) is 17.8 Å². The molecule has 0 aliphatic rings. The van der Waals surface area contributed by atoms with Crippen molar-refractivity contribution >= 4 is 5.96 Å². The van der Waals surface area contributed by atoms with E-state index in [1.165, 1.54) is 14.2 Å². The van der Waals surface area contributed by atoms with E-state index in [-0.39, 0.29) is 5.75 Å². The predicted molar refractivity (Wildman–Crippen MR) is 96.1 cm³/mol. The average molecular weight is 347 g/mol. The number of methoxy groups -OCH3 is 2. The highest BCUT2D eigenvalue weighted by molar-refractivity contribution is 5.79. The standard InChI is InChI=1S/C17H25N5O3/c1-5-18-17(20-11-13-6-7-21-22(13)2)19-10-12-8-14(24-3)16(23)15(9-12)25-4/h6-9,23H,5,10-11H2,1-4H3,(H2,18,19,20). The Bertz CT molecular complexity index is 702. The highest BCUT2D eigenvalue weighted by Crippen LogP contribution is 2.37.